The van der Waals surface area contributed by atoms with Crippen molar-refractivity contribution in [2.45, 2.75) is 25.8 Å². The third-order valence-electron chi connectivity index (χ3n) is 2.68. The molecule has 0 saturated heterocycles. The molecular formula is C13H19NO4S. The lowest BCUT2D eigenvalue weighted by atomic mass is 10.1. The van der Waals surface area contributed by atoms with Gasteiger partial charge in [0.25, 0.3) is 0 Å². The van der Waals surface area contributed by atoms with E-state index in [2.05, 4.69) is 9.46 Å². The molecule has 0 spiro atoms. The van der Waals surface area contributed by atoms with Crippen LogP contribution in [0.5, 0.6) is 0 Å². The molecule has 0 aliphatic rings. The zero-order valence-corrected chi connectivity index (χ0v) is 11.9. The van der Waals surface area contributed by atoms with Crippen molar-refractivity contribution in [1.29, 1.82) is 0 Å². The first kappa shape index (κ1) is 15.7. The molecule has 0 amide bonds. The molecule has 1 aromatic rings. The Morgan fingerprint density at radius 3 is 2.53 bits per heavy atom. The van der Waals surface area contributed by atoms with Gasteiger partial charge in [0.05, 0.1) is 12.9 Å². The Balaban J connectivity index is 2.48. The summed E-state index contributed by atoms with van der Waals surface area (Å²) >= 11 is 0. The normalized spacial score (nSPS) is 12.9. The van der Waals surface area contributed by atoms with Crippen molar-refractivity contribution in [3.05, 3.63) is 35.9 Å². The van der Waals surface area contributed by atoms with Crippen LogP contribution in [0.2, 0.25) is 0 Å². The summed E-state index contributed by atoms with van der Waals surface area (Å²) in [5.74, 6) is -0.481. The van der Waals surface area contributed by atoms with E-state index in [1.165, 1.54) is 7.11 Å². The minimum atomic E-state index is -3.39. The van der Waals surface area contributed by atoms with E-state index in [0.717, 1.165) is 5.56 Å². The summed E-state index contributed by atoms with van der Waals surface area (Å²) in [7, 11) is -2.11. The number of hydrogen-bond acceptors (Lipinski definition) is 4. The SMILES string of the molecule is COC(=O)CCCS(=O)(=O)N[C@@H](C)c1ccccc1. The lowest BCUT2D eigenvalue weighted by Gasteiger charge is -2.14. The Labute approximate surface area is 114 Å². The molecule has 0 radical (unpaired) electrons. The number of sulfonamides is 1. The summed E-state index contributed by atoms with van der Waals surface area (Å²) in [5.41, 5.74) is 0.902. The van der Waals surface area contributed by atoms with Gasteiger partial charge in [-0.05, 0) is 18.9 Å². The second-order valence-electron chi connectivity index (χ2n) is 4.25. The monoisotopic (exact) mass is 285 g/mol. The van der Waals surface area contributed by atoms with Gasteiger partial charge in [-0.15, -0.1) is 0 Å². The van der Waals surface area contributed by atoms with E-state index in [1.54, 1.807) is 6.92 Å². The first-order chi connectivity index (χ1) is 8.94. The van der Waals surface area contributed by atoms with Crippen LogP contribution in [0.4, 0.5) is 0 Å². The predicted molar refractivity (Wildman–Crippen MR) is 73.0 cm³/mol. The molecule has 106 valence electrons. The summed E-state index contributed by atoms with van der Waals surface area (Å²) in [4.78, 5) is 10.9. The zero-order chi connectivity index (χ0) is 14.3. The zero-order valence-electron chi connectivity index (χ0n) is 11.1. The van der Waals surface area contributed by atoms with E-state index in [1.807, 2.05) is 30.3 Å². The first-order valence-corrected chi connectivity index (χ1v) is 7.71. The van der Waals surface area contributed by atoms with Gasteiger partial charge in [0.1, 0.15) is 0 Å². The summed E-state index contributed by atoms with van der Waals surface area (Å²) in [5, 5.41) is 0. The van der Waals surface area contributed by atoms with Gasteiger partial charge in [-0.2, -0.15) is 0 Å². The highest BCUT2D eigenvalue weighted by Gasteiger charge is 2.16. The summed E-state index contributed by atoms with van der Waals surface area (Å²) < 4.78 is 30.7. The van der Waals surface area contributed by atoms with Gasteiger partial charge in [-0.3, -0.25) is 4.79 Å². The van der Waals surface area contributed by atoms with Gasteiger partial charge in [0.15, 0.2) is 0 Å². The molecule has 0 fully saturated rings. The van der Waals surface area contributed by atoms with Crippen LogP contribution < -0.4 is 4.72 Å². The maximum absolute atomic E-state index is 11.8. The first-order valence-electron chi connectivity index (χ1n) is 6.06. The highest BCUT2D eigenvalue weighted by atomic mass is 32.2. The molecule has 1 rings (SSSR count). The van der Waals surface area contributed by atoms with Crippen molar-refractivity contribution in [1.82, 2.24) is 4.72 Å². The fourth-order valence-corrected chi connectivity index (χ4v) is 2.96. The molecule has 5 nitrogen and oxygen atoms in total. The number of nitrogens with one attached hydrogen (secondary N) is 1. The van der Waals surface area contributed by atoms with Crippen LogP contribution in [0.3, 0.4) is 0 Å². The topological polar surface area (TPSA) is 72.5 Å². The Bertz CT molecular complexity index is 499. The largest absolute Gasteiger partial charge is 0.469 e. The fraction of sp³-hybridized carbons (Fsp3) is 0.462. The second kappa shape index (κ2) is 7.25. The van der Waals surface area contributed by atoms with Gasteiger partial charge in [0.2, 0.25) is 10.0 Å². The lowest BCUT2D eigenvalue weighted by Crippen LogP contribution is -2.29. The number of carbonyl (C=O) groups excluding carboxylic acids is 1. The van der Waals surface area contributed by atoms with Crippen LogP contribution in [-0.4, -0.2) is 27.2 Å². The quantitative estimate of drug-likeness (QED) is 0.773. The number of rotatable bonds is 7. The fourth-order valence-electron chi connectivity index (χ4n) is 1.65. The molecule has 0 bridgehead atoms. The minimum absolute atomic E-state index is 0.0841. The Morgan fingerprint density at radius 1 is 1.32 bits per heavy atom. The number of ether oxygens (including phenoxy) is 1. The van der Waals surface area contributed by atoms with Crippen molar-refractivity contribution >= 4 is 16.0 Å². The van der Waals surface area contributed by atoms with Crippen molar-refractivity contribution in [3.8, 4) is 0 Å². The summed E-state index contributed by atoms with van der Waals surface area (Å²) in [6.07, 6.45) is 0.362. The molecule has 19 heavy (non-hydrogen) atoms. The molecule has 0 unspecified atom stereocenters. The van der Waals surface area contributed by atoms with Crippen molar-refractivity contribution in [3.63, 3.8) is 0 Å². The average molecular weight is 285 g/mol. The number of benzene rings is 1. The maximum Gasteiger partial charge on any atom is 0.305 e. The molecule has 0 saturated carbocycles. The highest BCUT2D eigenvalue weighted by molar-refractivity contribution is 7.89. The van der Waals surface area contributed by atoms with E-state index in [9.17, 15) is 13.2 Å². The Kier molecular flexibility index (Phi) is 5.98. The van der Waals surface area contributed by atoms with Gasteiger partial charge in [-0.1, -0.05) is 30.3 Å². The van der Waals surface area contributed by atoms with Crippen LogP contribution >= 0.6 is 0 Å². The standard InChI is InChI=1S/C13H19NO4S/c1-11(12-7-4-3-5-8-12)14-19(16,17)10-6-9-13(15)18-2/h3-5,7-8,11,14H,6,9-10H2,1-2H3/t11-/m0/s1. The van der Waals surface area contributed by atoms with Crippen LogP contribution in [0, 0.1) is 0 Å². The molecule has 6 heteroatoms. The van der Waals surface area contributed by atoms with Crippen LogP contribution in [0.25, 0.3) is 0 Å². The van der Waals surface area contributed by atoms with Crippen LogP contribution in [0.1, 0.15) is 31.4 Å². The molecule has 0 aliphatic carbocycles. The minimum Gasteiger partial charge on any atom is -0.469 e. The molecule has 0 aromatic heterocycles. The van der Waals surface area contributed by atoms with Crippen LogP contribution in [-0.2, 0) is 19.6 Å². The maximum atomic E-state index is 11.8. The molecule has 1 aromatic carbocycles. The molecule has 0 heterocycles. The molecular weight excluding hydrogens is 266 g/mol. The highest BCUT2D eigenvalue weighted by Crippen LogP contribution is 2.12. The Morgan fingerprint density at radius 2 is 1.95 bits per heavy atom. The average Bonchev–Trinajstić information content (AvgIpc) is 2.38. The number of carbonyl (C=O) groups is 1. The van der Waals surface area contributed by atoms with E-state index in [-0.39, 0.29) is 24.6 Å². The molecule has 1 N–H and O–H groups in total. The van der Waals surface area contributed by atoms with Crippen molar-refractivity contribution in [2.24, 2.45) is 0 Å². The van der Waals surface area contributed by atoms with Crippen molar-refractivity contribution < 1.29 is 17.9 Å². The number of esters is 1. The Hall–Kier alpha value is -1.40. The smallest absolute Gasteiger partial charge is 0.305 e. The second-order valence-corrected chi connectivity index (χ2v) is 6.12. The summed E-state index contributed by atoms with van der Waals surface area (Å²) in [6, 6.07) is 9.03. The predicted octanol–water partition coefficient (Wildman–Crippen LogP) is 1.62. The number of methoxy groups -OCH3 is 1. The van der Waals surface area contributed by atoms with Gasteiger partial charge < -0.3 is 4.74 Å². The van der Waals surface area contributed by atoms with Crippen molar-refractivity contribution in [2.75, 3.05) is 12.9 Å². The van der Waals surface area contributed by atoms with E-state index >= 15 is 0 Å². The third-order valence-corrected chi connectivity index (χ3v) is 4.22. The molecule has 0 aliphatic heterocycles. The molecule has 1 atom stereocenters. The van der Waals surface area contributed by atoms with Gasteiger partial charge in [-0.25, -0.2) is 13.1 Å². The lowest BCUT2D eigenvalue weighted by molar-refractivity contribution is -0.140. The van der Waals surface area contributed by atoms with Gasteiger partial charge >= 0.3 is 5.97 Å². The van der Waals surface area contributed by atoms with Crippen LogP contribution in [0.15, 0.2) is 30.3 Å². The number of hydrogen-bond donors (Lipinski definition) is 1. The third kappa shape index (κ3) is 5.85. The van der Waals surface area contributed by atoms with E-state index < -0.39 is 16.0 Å². The van der Waals surface area contributed by atoms with E-state index in [4.69, 9.17) is 0 Å². The van der Waals surface area contributed by atoms with Gasteiger partial charge in [0, 0.05) is 12.5 Å². The van der Waals surface area contributed by atoms with E-state index in [0.29, 0.717) is 0 Å². The summed E-state index contributed by atoms with van der Waals surface area (Å²) in [6.45, 7) is 1.78.